The molecule has 2 aliphatic rings. The van der Waals surface area contributed by atoms with Crippen molar-refractivity contribution in [2.45, 2.75) is 85.1 Å². The fraction of sp³-hybridized carbons (Fsp3) is 0.474. The number of nitrogens with one attached hydrogen (secondary N) is 3. The van der Waals surface area contributed by atoms with Gasteiger partial charge >= 0.3 is 12.2 Å². The maximum absolute atomic E-state index is 12.5. The minimum atomic E-state index is -0.833. The van der Waals surface area contributed by atoms with Crippen LogP contribution in [0.15, 0.2) is 66.7 Å². The number of ketones is 1. The summed E-state index contributed by atoms with van der Waals surface area (Å²) in [5.74, 6) is -0.214. The number of nitrogens with two attached hydrogens (primary N) is 1. The van der Waals surface area contributed by atoms with E-state index < -0.39 is 18.1 Å². The number of nitrogens with zero attached hydrogens (tertiary/aromatic N) is 4. The molecule has 54 heavy (non-hydrogen) atoms. The zero-order chi connectivity index (χ0) is 40.5. The summed E-state index contributed by atoms with van der Waals surface area (Å²) in [6, 6.07) is 22.2. The number of carboxylic acids is 1. The van der Waals surface area contributed by atoms with Crippen LogP contribution in [0, 0.1) is 34.2 Å². The Morgan fingerprint density at radius 1 is 0.926 bits per heavy atom. The summed E-state index contributed by atoms with van der Waals surface area (Å²) in [5, 5.41) is 30.6. The number of amides is 2. The number of hydrogen-bond acceptors (Lipinski definition) is 12. The molecule has 7 N–H and O–H groups in total. The number of carbonyl (C=O) groups excluding carboxylic acids is 3. The minimum Gasteiger partial charge on any atom is -0.481 e. The average Bonchev–Trinajstić information content (AvgIpc) is 3.60. The molecule has 2 aromatic carbocycles. The van der Waals surface area contributed by atoms with Crippen LogP contribution in [-0.2, 0) is 32.3 Å². The van der Waals surface area contributed by atoms with Gasteiger partial charge < -0.3 is 25.4 Å². The quantitative estimate of drug-likeness (QED) is 0.135. The number of nitrogen functional groups attached to an aromatic ring is 1. The van der Waals surface area contributed by atoms with Gasteiger partial charge in [0.1, 0.15) is 19.0 Å². The summed E-state index contributed by atoms with van der Waals surface area (Å²) in [6.45, 7) is 8.74. The Hall–Kier alpha value is -5.82. The fourth-order valence-electron chi connectivity index (χ4n) is 6.04. The fourth-order valence-corrected chi connectivity index (χ4v) is 6.04. The van der Waals surface area contributed by atoms with Crippen LogP contribution in [0.3, 0.4) is 0 Å². The molecule has 0 bridgehead atoms. The van der Waals surface area contributed by atoms with Crippen LogP contribution in [0.25, 0.3) is 0 Å². The molecular weight excluding hydrogens is 696 g/mol. The predicted molar refractivity (Wildman–Crippen MR) is 202 cm³/mol. The Labute approximate surface area is 318 Å². The molecule has 2 aliphatic heterocycles. The van der Waals surface area contributed by atoms with Crippen molar-refractivity contribution >= 4 is 29.8 Å². The molecule has 0 spiro atoms. The number of Topliss-reactive ketones (excluding diaryl/α,β-unsaturated/α-hetero) is 1. The van der Waals surface area contributed by atoms with E-state index in [-0.39, 0.29) is 51.5 Å². The van der Waals surface area contributed by atoms with E-state index in [2.05, 4.69) is 17.1 Å². The van der Waals surface area contributed by atoms with Crippen molar-refractivity contribution in [3.8, 4) is 6.07 Å². The van der Waals surface area contributed by atoms with E-state index in [0.717, 1.165) is 49.4 Å². The smallest absolute Gasteiger partial charge is 0.410 e. The SMILES string of the molecule is CC(=O)O.CC1CCCN(C(=O)OCc2ccccc2)C1C(=O)CC#N.CC1CCCN(C(=O)OCc2ccccc2)C1c1cc(N)n[nH]1.CCO.N=N.[HH]. The van der Waals surface area contributed by atoms with Crippen LogP contribution in [0.4, 0.5) is 15.4 Å². The number of aromatic amines is 1. The highest BCUT2D eigenvalue weighted by Gasteiger charge is 2.38. The zero-order valence-electron chi connectivity index (χ0n) is 31.4. The topological polar surface area (TPSA) is 260 Å². The number of carboxylic acid groups (broad SMARTS) is 1. The van der Waals surface area contributed by atoms with Crippen molar-refractivity contribution in [1.82, 2.24) is 20.0 Å². The molecule has 3 heterocycles. The number of hydrogen-bond donors (Lipinski definition) is 6. The van der Waals surface area contributed by atoms with Crippen molar-refractivity contribution in [1.29, 1.82) is 16.3 Å². The number of anilines is 1. The lowest BCUT2D eigenvalue weighted by Crippen LogP contribution is -2.52. The largest absolute Gasteiger partial charge is 0.481 e. The number of aliphatic carboxylic acids is 1. The summed E-state index contributed by atoms with van der Waals surface area (Å²) in [4.78, 5) is 49.2. The molecule has 296 valence electrons. The van der Waals surface area contributed by atoms with Gasteiger partial charge in [-0.3, -0.25) is 24.5 Å². The average molecular weight is 753 g/mol. The van der Waals surface area contributed by atoms with Crippen molar-refractivity contribution in [2.24, 2.45) is 11.8 Å². The summed E-state index contributed by atoms with van der Waals surface area (Å²) in [7, 11) is 0. The van der Waals surface area contributed by atoms with Crippen LogP contribution in [-0.4, -0.2) is 79.9 Å². The Bertz CT molecular complexity index is 1590. The standard InChI is InChI=1S/C17H22N4O2.C17H20N2O3.C2H4O2.C2H6O.H2N2.H2/c1-12-6-5-9-21(16(12)14-10-15(18)20-19-14)17(22)23-11-13-7-3-2-4-8-13;1-13-6-5-11-19(16(13)15(20)9-10-18)17(21)22-12-14-7-3-2-4-8-14;1-2(3)4;1-2-3;1-2;/h2-4,7-8,10,12,16H,5-6,9,11H2,1H3,(H3,18,19,20);2-4,7-8,13,16H,5-6,9,11-12H2,1H3;1H3,(H,3,4);3H,2H2,1H3;1-2H;1H. The molecule has 2 amide bonds. The molecule has 0 saturated carbocycles. The number of ether oxygens (including phenoxy) is 2. The second kappa shape index (κ2) is 26.0. The lowest BCUT2D eigenvalue weighted by atomic mass is 9.87. The van der Waals surface area contributed by atoms with Crippen molar-refractivity contribution in [2.75, 3.05) is 25.4 Å². The maximum atomic E-state index is 12.5. The summed E-state index contributed by atoms with van der Waals surface area (Å²) >= 11 is 0. The van der Waals surface area contributed by atoms with Gasteiger partial charge in [0.2, 0.25) is 0 Å². The highest BCUT2D eigenvalue weighted by molar-refractivity contribution is 5.89. The van der Waals surface area contributed by atoms with Gasteiger partial charge in [0.05, 0.1) is 30.3 Å². The highest BCUT2D eigenvalue weighted by atomic mass is 16.6. The van der Waals surface area contributed by atoms with E-state index in [1.54, 1.807) is 17.9 Å². The third-order valence-electron chi connectivity index (χ3n) is 8.27. The van der Waals surface area contributed by atoms with Gasteiger partial charge in [-0.05, 0) is 55.6 Å². The number of piperidine rings is 2. The van der Waals surface area contributed by atoms with Crippen LogP contribution < -0.4 is 5.73 Å². The van der Waals surface area contributed by atoms with Crippen LogP contribution in [0.5, 0.6) is 0 Å². The minimum absolute atomic E-state index is 0. The number of aromatic nitrogens is 2. The van der Waals surface area contributed by atoms with Gasteiger partial charge in [-0.25, -0.2) is 20.7 Å². The molecule has 2 fully saturated rings. The lowest BCUT2D eigenvalue weighted by molar-refractivity contribution is -0.134. The first-order valence-electron chi connectivity index (χ1n) is 17.6. The molecule has 0 aliphatic carbocycles. The zero-order valence-corrected chi connectivity index (χ0v) is 31.4. The Morgan fingerprint density at radius 2 is 1.37 bits per heavy atom. The third kappa shape index (κ3) is 16.2. The molecule has 3 aromatic rings. The van der Waals surface area contributed by atoms with Crippen molar-refractivity contribution in [3.63, 3.8) is 0 Å². The first-order chi connectivity index (χ1) is 25.9. The molecule has 16 nitrogen and oxygen atoms in total. The molecular formula is C38H56N8O8. The van der Waals surface area contributed by atoms with Gasteiger partial charge in [0.25, 0.3) is 5.97 Å². The lowest BCUT2D eigenvalue weighted by Gasteiger charge is -2.38. The second-order valence-corrected chi connectivity index (χ2v) is 12.5. The van der Waals surface area contributed by atoms with Crippen LogP contribution in [0.2, 0.25) is 0 Å². The third-order valence-corrected chi connectivity index (χ3v) is 8.27. The van der Waals surface area contributed by atoms with E-state index >= 15 is 0 Å². The van der Waals surface area contributed by atoms with E-state index in [9.17, 15) is 14.4 Å². The number of aliphatic hydroxyl groups is 1. The summed E-state index contributed by atoms with van der Waals surface area (Å²) in [5.41, 5.74) is 18.5. The number of likely N-dealkylation sites (tertiary alicyclic amines) is 2. The van der Waals surface area contributed by atoms with Gasteiger partial charge in [0, 0.05) is 34.1 Å². The molecule has 5 rings (SSSR count). The summed E-state index contributed by atoms with van der Waals surface area (Å²) in [6.07, 6.45) is 2.82. The Morgan fingerprint density at radius 3 is 1.81 bits per heavy atom. The number of aliphatic hydroxyl groups excluding tert-OH is 1. The van der Waals surface area contributed by atoms with E-state index in [4.69, 9.17) is 46.5 Å². The van der Waals surface area contributed by atoms with E-state index in [1.165, 1.54) is 4.90 Å². The highest BCUT2D eigenvalue weighted by Crippen LogP contribution is 2.36. The Balaban J connectivity index is 0.000000861. The summed E-state index contributed by atoms with van der Waals surface area (Å²) < 4.78 is 10.8. The number of rotatable bonds is 7. The maximum Gasteiger partial charge on any atom is 0.410 e. The normalized spacial score (nSPS) is 18.4. The van der Waals surface area contributed by atoms with Gasteiger partial charge in [-0.1, -0.05) is 74.5 Å². The van der Waals surface area contributed by atoms with Crippen LogP contribution >= 0.6 is 0 Å². The molecule has 16 heteroatoms. The Kier molecular flexibility index (Phi) is 22.3. The number of nitriles is 1. The molecule has 1 aromatic heterocycles. The first kappa shape index (κ1) is 46.2. The molecule has 0 radical (unpaired) electrons. The second-order valence-electron chi connectivity index (χ2n) is 12.5. The number of carbonyl (C=O) groups is 4. The van der Waals surface area contributed by atoms with Crippen molar-refractivity contribution < 1.29 is 40.3 Å². The van der Waals surface area contributed by atoms with E-state index in [1.807, 2.05) is 73.7 Å². The number of benzene rings is 2. The molecule has 4 atom stereocenters. The first-order valence-corrected chi connectivity index (χ1v) is 17.6. The van der Waals surface area contributed by atoms with Crippen molar-refractivity contribution in [3.05, 3.63) is 83.6 Å². The van der Waals surface area contributed by atoms with E-state index in [0.29, 0.717) is 24.8 Å². The van der Waals surface area contributed by atoms with Gasteiger partial charge in [-0.2, -0.15) is 10.4 Å². The molecule has 4 unspecified atom stereocenters. The molecule has 2 saturated heterocycles. The number of H-pyrrole nitrogens is 1. The van der Waals surface area contributed by atoms with Crippen LogP contribution in [0.1, 0.15) is 84.1 Å². The van der Waals surface area contributed by atoms with Gasteiger partial charge in [-0.15, -0.1) is 0 Å². The monoisotopic (exact) mass is 752 g/mol. The predicted octanol–water partition coefficient (Wildman–Crippen LogP) is 6.94. The van der Waals surface area contributed by atoms with Gasteiger partial charge in [0.15, 0.2) is 5.78 Å².